The smallest absolute Gasteiger partial charge is 0.164 e. The summed E-state index contributed by atoms with van der Waals surface area (Å²) in [6.07, 6.45) is 3.65. The molecule has 0 atom stereocenters. The third kappa shape index (κ3) is 6.97. The summed E-state index contributed by atoms with van der Waals surface area (Å²) < 4.78 is 0. The predicted molar refractivity (Wildman–Crippen MR) is 221 cm³/mol. The first-order valence-electron chi connectivity index (χ1n) is 18.0. The van der Waals surface area contributed by atoms with E-state index in [0.717, 1.165) is 61.2 Å². The second kappa shape index (κ2) is 14.7. The van der Waals surface area contributed by atoms with Crippen molar-refractivity contribution in [1.29, 1.82) is 0 Å². The van der Waals surface area contributed by atoms with Crippen LogP contribution in [0.1, 0.15) is 0 Å². The van der Waals surface area contributed by atoms with E-state index >= 15 is 0 Å². The zero-order chi connectivity index (χ0) is 36.1. The van der Waals surface area contributed by atoms with E-state index in [0.29, 0.717) is 17.5 Å². The SMILES string of the molecule is c1ccc(-c2ccc(-c3nc(-c4ccc(-c5ccccc5)cc4)nc(-c4cc(-c5ccccc5)cc(-c5ccc(-c6ccncc6)cc5)c4)n3)cc2)cc1. The number of hydrogen-bond acceptors (Lipinski definition) is 4. The van der Waals surface area contributed by atoms with E-state index in [9.17, 15) is 0 Å². The molecule has 0 radical (unpaired) electrons. The zero-order valence-electron chi connectivity index (χ0n) is 29.4. The maximum absolute atomic E-state index is 5.16. The van der Waals surface area contributed by atoms with Gasteiger partial charge in [0, 0.05) is 29.1 Å². The van der Waals surface area contributed by atoms with Crippen LogP contribution in [0.15, 0.2) is 207 Å². The Morgan fingerprint density at radius 3 is 0.852 bits per heavy atom. The highest BCUT2D eigenvalue weighted by atomic mass is 15.0. The maximum Gasteiger partial charge on any atom is 0.164 e. The van der Waals surface area contributed by atoms with E-state index in [1.165, 1.54) is 11.1 Å². The first kappa shape index (κ1) is 32.6. The van der Waals surface area contributed by atoms with Crippen molar-refractivity contribution >= 4 is 0 Å². The molecule has 0 unspecified atom stereocenters. The van der Waals surface area contributed by atoms with Crippen LogP contribution in [0.2, 0.25) is 0 Å². The van der Waals surface area contributed by atoms with Crippen molar-refractivity contribution in [3.63, 3.8) is 0 Å². The summed E-state index contributed by atoms with van der Waals surface area (Å²) in [5.74, 6) is 1.85. The molecule has 0 aliphatic rings. The summed E-state index contributed by atoms with van der Waals surface area (Å²) in [6.45, 7) is 0. The zero-order valence-corrected chi connectivity index (χ0v) is 29.4. The van der Waals surface area contributed by atoms with Crippen LogP contribution in [0.25, 0.3) is 89.8 Å². The highest BCUT2D eigenvalue weighted by molar-refractivity contribution is 5.81. The Labute approximate surface area is 315 Å². The molecule has 2 heterocycles. The van der Waals surface area contributed by atoms with Gasteiger partial charge in [-0.05, 0) is 86.0 Å². The Balaban J connectivity index is 1.17. The normalized spacial score (nSPS) is 11.0. The van der Waals surface area contributed by atoms with Crippen LogP contribution in [0.5, 0.6) is 0 Å². The van der Waals surface area contributed by atoms with E-state index < -0.39 is 0 Å². The molecule has 0 spiro atoms. The fourth-order valence-corrected chi connectivity index (χ4v) is 6.77. The molecule has 0 fully saturated rings. The maximum atomic E-state index is 5.16. The van der Waals surface area contributed by atoms with E-state index in [-0.39, 0.29) is 0 Å². The summed E-state index contributed by atoms with van der Waals surface area (Å²) in [4.78, 5) is 19.6. The number of pyridine rings is 1. The van der Waals surface area contributed by atoms with Crippen molar-refractivity contribution in [2.24, 2.45) is 0 Å². The van der Waals surface area contributed by atoms with Crippen LogP contribution in [0.3, 0.4) is 0 Å². The van der Waals surface area contributed by atoms with Gasteiger partial charge in [0.25, 0.3) is 0 Å². The Kier molecular flexibility index (Phi) is 8.90. The average molecular weight is 691 g/mol. The Morgan fingerprint density at radius 2 is 0.463 bits per heavy atom. The lowest BCUT2D eigenvalue weighted by Crippen LogP contribution is -2.00. The van der Waals surface area contributed by atoms with E-state index in [1.54, 1.807) is 0 Å². The first-order valence-corrected chi connectivity index (χ1v) is 18.0. The van der Waals surface area contributed by atoms with Crippen molar-refractivity contribution in [1.82, 2.24) is 19.9 Å². The second-order valence-electron chi connectivity index (χ2n) is 13.2. The lowest BCUT2D eigenvalue weighted by molar-refractivity contribution is 1.07. The van der Waals surface area contributed by atoms with Crippen LogP contribution < -0.4 is 0 Å². The van der Waals surface area contributed by atoms with Gasteiger partial charge in [0.1, 0.15) is 0 Å². The molecule has 0 saturated carbocycles. The fraction of sp³-hybridized carbons (Fsp3) is 0. The molecule has 54 heavy (non-hydrogen) atoms. The number of benzene rings is 7. The van der Waals surface area contributed by atoms with Gasteiger partial charge in [-0.25, -0.2) is 15.0 Å². The minimum Gasteiger partial charge on any atom is -0.265 e. The summed E-state index contributed by atoms with van der Waals surface area (Å²) in [7, 11) is 0. The molecule has 9 aromatic rings. The number of hydrogen-bond donors (Lipinski definition) is 0. The summed E-state index contributed by atoms with van der Waals surface area (Å²) >= 11 is 0. The average Bonchev–Trinajstić information content (AvgIpc) is 3.27. The van der Waals surface area contributed by atoms with Gasteiger partial charge in [-0.1, -0.05) is 164 Å². The first-order chi connectivity index (χ1) is 26.7. The predicted octanol–water partition coefficient (Wildman–Crippen LogP) is 12.6. The molecule has 0 aliphatic carbocycles. The topological polar surface area (TPSA) is 51.6 Å². The molecule has 254 valence electrons. The van der Waals surface area contributed by atoms with Crippen LogP contribution in [-0.2, 0) is 0 Å². The van der Waals surface area contributed by atoms with Crippen LogP contribution in [-0.4, -0.2) is 19.9 Å². The van der Waals surface area contributed by atoms with Gasteiger partial charge >= 0.3 is 0 Å². The van der Waals surface area contributed by atoms with Gasteiger partial charge in [0.05, 0.1) is 0 Å². The minimum absolute atomic E-state index is 0.613. The van der Waals surface area contributed by atoms with Crippen molar-refractivity contribution in [3.8, 4) is 89.8 Å². The lowest BCUT2D eigenvalue weighted by Gasteiger charge is -2.13. The molecule has 0 N–H and O–H groups in total. The van der Waals surface area contributed by atoms with Crippen LogP contribution in [0, 0.1) is 0 Å². The van der Waals surface area contributed by atoms with Gasteiger partial charge in [-0.15, -0.1) is 0 Å². The van der Waals surface area contributed by atoms with Gasteiger partial charge in [-0.2, -0.15) is 0 Å². The largest absolute Gasteiger partial charge is 0.265 e. The highest BCUT2D eigenvalue weighted by Crippen LogP contribution is 2.35. The third-order valence-corrected chi connectivity index (χ3v) is 9.67. The molecule has 0 bridgehead atoms. The summed E-state index contributed by atoms with van der Waals surface area (Å²) in [5, 5.41) is 0. The molecule has 9 rings (SSSR count). The Hall–Kier alpha value is -7.30. The summed E-state index contributed by atoms with van der Waals surface area (Å²) in [5.41, 5.74) is 14.0. The van der Waals surface area contributed by atoms with Gasteiger partial charge < -0.3 is 0 Å². The van der Waals surface area contributed by atoms with E-state index in [2.05, 4.69) is 169 Å². The van der Waals surface area contributed by atoms with E-state index in [1.807, 2.05) is 42.7 Å². The molecule has 2 aromatic heterocycles. The molecule has 0 saturated heterocycles. The minimum atomic E-state index is 0.613. The Morgan fingerprint density at radius 1 is 0.204 bits per heavy atom. The quantitative estimate of drug-likeness (QED) is 0.159. The van der Waals surface area contributed by atoms with Crippen molar-refractivity contribution in [2.45, 2.75) is 0 Å². The van der Waals surface area contributed by atoms with E-state index in [4.69, 9.17) is 15.0 Å². The highest BCUT2D eigenvalue weighted by Gasteiger charge is 2.16. The number of rotatable bonds is 8. The number of nitrogens with zero attached hydrogens (tertiary/aromatic N) is 4. The monoisotopic (exact) mass is 690 g/mol. The molecule has 4 heteroatoms. The van der Waals surface area contributed by atoms with Crippen molar-refractivity contribution in [2.75, 3.05) is 0 Å². The Bertz CT molecular complexity index is 2540. The molecule has 0 aliphatic heterocycles. The van der Waals surface area contributed by atoms with Gasteiger partial charge in [-0.3, -0.25) is 4.98 Å². The molecule has 4 nitrogen and oxygen atoms in total. The fourth-order valence-electron chi connectivity index (χ4n) is 6.77. The van der Waals surface area contributed by atoms with Crippen LogP contribution in [0.4, 0.5) is 0 Å². The molecule has 0 amide bonds. The standard InChI is InChI=1S/C50H34N4/c1-4-10-35(11-5-1)38-20-24-43(25-21-38)48-52-49(44-26-22-39(23-27-44)36-12-6-2-7-13-36)54-50(53-48)47-33-45(37-14-8-3-9-15-37)32-46(34-47)41-18-16-40(17-19-41)42-28-30-51-31-29-42/h1-34H. The molecular weight excluding hydrogens is 657 g/mol. The van der Waals surface area contributed by atoms with Gasteiger partial charge in [0.2, 0.25) is 0 Å². The molecule has 7 aromatic carbocycles. The number of aromatic nitrogens is 4. The second-order valence-corrected chi connectivity index (χ2v) is 13.2. The lowest BCUT2D eigenvalue weighted by atomic mass is 9.94. The summed E-state index contributed by atoms with van der Waals surface area (Å²) in [6, 6.07) is 67.5. The van der Waals surface area contributed by atoms with Crippen molar-refractivity contribution in [3.05, 3.63) is 207 Å². The molecular formula is C50H34N4. The van der Waals surface area contributed by atoms with Gasteiger partial charge in [0.15, 0.2) is 17.5 Å². The van der Waals surface area contributed by atoms with Crippen molar-refractivity contribution < 1.29 is 0 Å². The third-order valence-electron chi connectivity index (χ3n) is 9.67. The van der Waals surface area contributed by atoms with Crippen LogP contribution >= 0.6 is 0 Å².